The summed E-state index contributed by atoms with van der Waals surface area (Å²) in [5.74, 6) is 2.99. The Morgan fingerprint density at radius 2 is 1.92 bits per heavy atom. The molecule has 2 aliphatic heterocycles. The number of likely N-dealkylation sites (tertiary alicyclic amines) is 1. The molecule has 1 saturated heterocycles. The molecule has 1 spiro atoms. The first-order valence-corrected chi connectivity index (χ1v) is 19.1. The Morgan fingerprint density at radius 3 is 2.72 bits per heavy atom. The van der Waals surface area contributed by atoms with Crippen molar-refractivity contribution in [2.24, 2.45) is 11.8 Å². The summed E-state index contributed by atoms with van der Waals surface area (Å²) in [6, 6.07) is 13.9. The summed E-state index contributed by atoms with van der Waals surface area (Å²) in [6.07, 6.45) is 10.8. The number of aromatic nitrogens is 1. The van der Waals surface area contributed by atoms with E-state index in [2.05, 4.69) is 48.2 Å². The number of hydrogen-bond donors (Lipinski definition) is 2. The number of piperidine rings is 1. The molecular weight excluding hydrogens is 650 g/mol. The fourth-order valence-corrected chi connectivity index (χ4v) is 10.1. The van der Waals surface area contributed by atoms with Gasteiger partial charge in [-0.15, -0.1) is 0 Å². The van der Waals surface area contributed by atoms with Gasteiger partial charge in [0.25, 0.3) is 0 Å². The van der Waals surface area contributed by atoms with E-state index >= 15 is 0 Å². The number of aryl methyl sites for hydroxylation is 1. The molecule has 1 aromatic heterocycles. The van der Waals surface area contributed by atoms with Gasteiger partial charge in [-0.2, -0.15) is 0 Å². The monoisotopic (exact) mass is 699 g/mol. The lowest BCUT2D eigenvalue weighted by molar-refractivity contribution is -0.144. The Kier molecular flexibility index (Phi) is 8.91. The Balaban J connectivity index is 1.07. The fourth-order valence-electron chi connectivity index (χ4n) is 9.92. The highest BCUT2D eigenvalue weighted by Crippen LogP contribution is 2.58. The second-order valence-corrected chi connectivity index (χ2v) is 16.5. The number of carboxylic acids is 1. The molecule has 0 bridgehead atoms. The molecule has 266 valence electrons. The van der Waals surface area contributed by atoms with E-state index in [4.69, 9.17) is 25.8 Å². The van der Waals surface area contributed by atoms with Crippen LogP contribution in [0.3, 0.4) is 0 Å². The number of halogens is 1. The molecule has 8 rings (SSSR count). The highest BCUT2D eigenvalue weighted by atomic mass is 35.5. The van der Waals surface area contributed by atoms with Gasteiger partial charge < -0.3 is 29.5 Å². The number of benzene rings is 2. The number of anilines is 1. The molecule has 8 nitrogen and oxygen atoms in total. The van der Waals surface area contributed by atoms with Gasteiger partial charge in [-0.3, -0.25) is 4.98 Å². The summed E-state index contributed by atoms with van der Waals surface area (Å²) in [5.41, 5.74) is 4.63. The molecule has 2 fully saturated rings. The van der Waals surface area contributed by atoms with E-state index in [1.165, 1.54) is 35.2 Å². The zero-order chi connectivity index (χ0) is 34.6. The van der Waals surface area contributed by atoms with Gasteiger partial charge in [0.2, 0.25) is 0 Å². The van der Waals surface area contributed by atoms with Crippen LogP contribution < -0.4 is 19.5 Å². The van der Waals surface area contributed by atoms with Crippen LogP contribution in [0.4, 0.5) is 5.69 Å². The first-order valence-electron chi connectivity index (χ1n) is 18.7. The lowest BCUT2D eigenvalue weighted by Gasteiger charge is -2.47. The summed E-state index contributed by atoms with van der Waals surface area (Å²) in [4.78, 5) is 20.0. The van der Waals surface area contributed by atoms with Gasteiger partial charge in [-0.25, -0.2) is 4.79 Å². The maximum Gasteiger partial charge on any atom is 0.329 e. The van der Waals surface area contributed by atoms with E-state index in [0.717, 1.165) is 74.6 Å². The van der Waals surface area contributed by atoms with E-state index in [-0.39, 0.29) is 17.6 Å². The van der Waals surface area contributed by atoms with Crippen LogP contribution in [-0.4, -0.2) is 65.5 Å². The number of carboxylic acid groups (broad SMARTS) is 1. The first kappa shape index (κ1) is 33.6. The van der Waals surface area contributed by atoms with Crippen molar-refractivity contribution in [3.05, 3.63) is 76.1 Å². The molecule has 0 unspecified atom stereocenters. The van der Waals surface area contributed by atoms with Crippen LogP contribution in [0.15, 0.2) is 48.7 Å². The summed E-state index contributed by atoms with van der Waals surface area (Å²) in [5, 5.41) is 14.7. The summed E-state index contributed by atoms with van der Waals surface area (Å²) in [7, 11) is 2.14. The smallest absolute Gasteiger partial charge is 0.329 e. The molecule has 3 aromatic rings. The van der Waals surface area contributed by atoms with Crippen molar-refractivity contribution >= 4 is 23.3 Å². The second kappa shape index (κ2) is 13.2. The number of hydrogen-bond acceptors (Lipinski definition) is 7. The van der Waals surface area contributed by atoms with Gasteiger partial charge in [0.15, 0.2) is 11.5 Å². The molecule has 9 heteroatoms. The summed E-state index contributed by atoms with van der Waals surface area (Å²) >= 11 is 6.30. The van der Waals surface area contributed by atoms with Crippen LogP contribution in [0.25, 0.3) is 0 Å². The molecule has 0 radical (unpaired) electrons. The zero-order valence-corrected chi connectivity index (χ0v) is 30.3. The zero-order valence-electron chi connectivity index (χ0n) is 29.6. The van der Waals surface area contributed by atoms with Crippen molar-refractivity contribution in [3.63, 3.8) is 0 Å². The fraction of sp³-hybridized carbons (Fsp3) is 0.561. The lowest BCUT2D eigenvalue weighted by Crippen LogP contribution is -2.53. The van der Waals surface area contributed by atoms with E-state index in [1.54, 1.807) is 0 Å². The molecular formula is C41H50ClN3O5. The SMILES string of the molecule is C[C@@H](COc1ccnc2c1[C@H](C)CCC2)C[C@H]1Cc2cc3c(cc2C12CCC(Nc1cccc(Cl)c1)(C(=O)O)CC2)O[C@@H]1CCN(C)C[C@@H]1O3. The molecule has 50 heavy (non-hydrogen) atoms. The van der Waals surface area contributed by atoms with Gasteiger partial charge in [0, 0.05) is 47.7 Å². The number of nitrogens with zero attached hydrogens (tertiary/aromatic N) is 2. The third kappa shape index (κ3) is 6.10. The minimum Gasteiger partial charge on any atom is -0.493 e. The normalized spacial score (nSPS) is 30.6. The maximum atomic E-state index is 13.0. The largest absolute Gasteiger partial charge is 0.493 e. The van der Waals surface area contributed by atoms with Crippen molar-refractivity contribution in [3.8, 4) is 17.2 Å². The number of ether oxygens (including phenoxy) is 3. The molecule has 0 amide bonds. The number of rotatable bonds is 8. The van der Waals surface area contributed by atoms with Crippen LogP contribution in [0, 0.1) is 11.8 Å². The summed E-state index contributed by atoms with van der Waals surface area (Å²) in [6.45, 7) is 7.09. The second-order valence-electron chi connectivity index (χ2n) is 16.0. The first-order chi connectivity index (χ1) is 24.1. The summed E-state index contributed by atoms with van der Waals surface area (Å²) < 4.78 is 19.9. The van der Waals surface area contributed by atoms with Gasteiger partial charge in [-0.05, 0) is 136 Å². The third-order valence-electron chi connectivity index (χ3n) is 12.6. The topological polar surface area (TPSA) is 93.2 Å². The molecule has 3 aliphatic carbocycles. The van der Waals surface area contributed by atoms with E-state index in [0.29, 0.717) is 42.2 Å². The average Bonchev–Trinajstić information content (AvgIpc) is 3.37. The highest BCUT2D eigenvalue weighted by molar-refractivity contribution is 6.30. The molecule has 5 atom stereocenters. The van der Waals surface area contributed by atoms with Gasteiger partial charge >= 0.3 is 5.97 Å². The number of fused-ring (bicyclic) bond motifs is 5. The van der Waals surface area contributed by atoms with Crippen molar-refractivity contribution in [1.29, 1.82) is 0 Å². The van der Waals surface area contributed by atoms with E-state index in [1.807, 2.05) is 36.5 Å². The molecule has 2 N–H and O–H groups in total. The Labute approximate surface area is 300 Å². The quantitative estimate of drug-likeness (QED) is 0.244. The number of pyridine rings is 1. The number of likely N-dealkylation sites (N-methyl/N-ethyl adjacent to an activating group) is 1. The van der Waals surface area contributed by atoms with Crippen molar-refractivity contribution in [2.45, 2.75) is 107 Å². The Hall–Kier alpha value is -3.49. The Morgan fingerprint density at radius 1 is 1.12 bits per heavy atom. The van der Waals surface area contributed by atoms with E-state index < -0.39 is 11.5 Å². The van der Waals surface area contributed by atoms with Crippen LogP contribution in [-0.2, 0) is 23.1 Å². The van der Waals surface area contributed by atoms with Gasteiger partial charge in [-0.1, -0.05) is 31.5 Å². The van der Waals surface area contributed by atoms with Crippen molar-refractivity contribution in [2.75, 3.05) is 32.1 Å². The Bertz CT molecular complexity index is 1760. The van der Waals surface area contributed by atoms with Crippen LogP contribution in [0.5, 0.6) is 17.2 Å². The van der Waals surface area contributed by atoms with Crippen LogP contribution >= 0.6 is 11.6 Å². The van der Waals surface area contributed by atoms with E-state index in [9.17, 15) is 9.90 Å². The minimum atomic E-state index is -1.07. The third-order valence-corrected chi connectivity index (χ3v) is 12.8. The predicted molar refractivity (Wildman–Crippen MR) is 195 cm³/mol. The van der Waals surface area contributed by atoms with Crippen LogP contribution in [0.1, 0.15) is 93.5 Å². The number of carbonyl (C=O) groups is 1. The number of nitrogens with one attached hydrogen (secondary N) is 1. The average molecular weight is 700 g/mol. The molecule has 3 heterocycles. The minimum absolute atomic E-state index is 0.0349. The van der Waals surface area contributed by atoms with Crippen molar-refractivity contribution in [1.82, 2.24) is 9.88 Å². The number of aliphatic carboxylic acids is 1. The molecule has 5 aliphatic rings. The molecule has 2 aromatic carbocycles. The van der Waals surface area contributed by atoms with Crippen molar-refractivity contribution < 1.29 is 24.1 Å². The molecule has 1 saturated carbocycles. The van der Waals surface area contributed by atoms with Crippen LogP contribution in [0.2, 0.25) is 5.02 Å². The standard InChI is InChI=1S/C41H50ClN3O5/c1-25(24-48-34-10-16-43-32-9-4-6-26(2)38(32)34)18-28-19-27-20-35-36(49-33-11-17-45(3)23-37(33)50-35)22-31(27)40(28)12-14-41(15-13-40,39(46)47)44-30-8-5-7-29(42)21-30/h5,7-8,10,16,20-22,25-26,28,33,37,44H,4,6,9,11-15,17-19,23-24H2,1-3H3,(H,46,47)/t25-,26-,28+,33-,37+,40?,41?/m1/s1. The highest BCUT2D eigenvalue weighted by Gasteiger charge is 2.55. The maximum absolute atomic E-state index is 13.0. The predicted octanol–water partition coefficient (Wildman–Crippen LogP) is 8.04. The van der Waals surface area contributed by atoms with Gasteiger partial charge in [0.05, 0.1) is 6.61 Å². The van der Waals surface area contributed by atoms with Gasteiger partial charge in [0.1, 0.15) is 23.5 Å². The lowest BCUT2D eigenvalue weighted by atomic mass is 9.59.